The second kappa shape index (κ2) is 8.34. The second-order valence-electron chi connectivity index (χ2n) is 6.20. The van der Waals surface area contributed by atoms with Gasteiger partial charge in [0.25, 0.3) is 17.4 Å². The third-order valence-electron chi connectivity index (χ3n) is 4.24. The van der Waals surface area contributed by atoms with Crippen molar-refractivity contribution in [1.82, 2.24) is 20.6 Å². The lowest BCUT2D eigenvalue weighted by Gasteiger charge is -2.12. The van der Waals surface area contributed by atoms with E-state index in [1.165, 1.54) is 16.8 Å². The van der Waals surface area contributed by atoms with Gasteiger partial charge in [0.2, 0.25) is 0 Å². The molecule has 0 saturated heterocycles. The summed E-state index contributed by atoms with van der Waals surface area (Å²) in [6.07, 6.45) is 1.62. The first kappa shape index (κ1) is 19.1. The molecular weight excluding hydrogens is 360 g/mol. The van der Waals surface area contributed by atoms with Crippen LogP contribution in [0.4, 0.5) is 0 Å². The normalized spacial score (nSPS) is 10.6. The maximum Gasteiger partial charge on any atom is 0.290 e. The number of fused-ring (bicyclic) bond motifs is 1. The largest absolute Gasteiger partial charge is 0.507 e. The first-order valence-corrected chi connectivity index (χ1v) is 8.91. The van der Waals surface area contributed by atoms with Crippen LogP contribution in [0, 0.1) is 0 Å². The predicted molar refractivity (Wildman–Crippen MR) is 104 cm³/mol. The Labute approximate surface area is 160 Å². The minimum Gasteiger partial charge on any atom is -0.507 e. The summed E-state index contributed by atoms with van der Waals surface area (Å²) >= 11 is 0. The first-order chi connectivity index (χ1) is 13.5. The number of carbonyl (C=O) groups is 2. The number of aromatic nitrogens is 2. The van der Waals surface area contributed by atoms with Crippen LogP contribution in [-0.2, 0) is 6.54 Å². The molecule has 0 aliphatic rings. The van der Waals surface area contributed by atoms with Crippen LogP contribution in [0.25, 0.3) is 10.8 Å². The number of unbranched alkanes of at least 4 members (excludes halogenated alkanes) is 1. The van der Waals surface area contributed by atoms with E-state index in [0.29, 0.717) is 17.3 Å². The summed E-state index contributed by atoms with van der Waals surface area (Å²) in [5.74, 6) is -1.54. The lowest BCUT2D eigenvalue weighted by atomic mass is 10.1. The van der Waals surface area contributed by atoms with Crippen molar-refractivity contribution >= 4 is 22.6 Å². The molecular formula is C20H20N4O4. The zero-order valence-corrected chi connectivity index (χ0v) is 15.3. The Morgan fingerprint density at radius 1 is 1.00 bits per heavy atom. The number of carbonyl (C=O) groups excluding carboxylic acids is 2. The standard InChI is InChI=1S/C20H20N4O4/c1-2-3-12-24-20(28)14-9-5-4-8-13(14)17(23-24)19(27)22-21-18(26)15-10-6-7-11-16(15)25/h4-11,25H,2-3,12H2,1H3,(H,21,26)(H,22,27). The van der Waals surface area contributed by atoms with Crippen molar-refractivity contribution < 1.29 is 14.7 Å². The Balaban J connectivity index is 1.88. The summed E-state index contributed by atoms with van der Waals surface area (Å²) < 4.78 is 1.27. The molecule has 0 aliphatic heterocycles. The molecule has 144 valence electrons. The number of rotatable bonds is 5. The quantitative estimate of drug-likeness (QED) is 0.586. The van der Waals surface area contributed by atoms with E-state index in [4.69, 9.17) is 0 Å². The smallest absolute Gasteiger partial charge is 0.290 e. The van der Waals surface area contributed by atoms with E-state index in [-0.39, 0.29) is 22.6 Å². The zero-order valence-electron chi connectivity index (χ0n) is 15.3. The molecule has 0 unspecified atom stereocenters. The summed E-state index contributed by atoms with van der Waals surface area (Å²) in [5, 5.41) is 14.7. The second-order valence-corrected chi connectivity index (χ2v) is 6.20. The molecule has 3 N–H and O–H groups in total. The van der Waals surface area contributed by atoms with Crippen molar-refractivity contribution in [2.24, 2.45) is 0 Å². The molecule has 2 aromatic carbocycles. The van der Waals surface area contributed by atoms with Gasteiger partial charge in [0.1, 0.15) is 5.75 Å². The van der Waals surface area contributed by atoms with Crippen LogP contribution in [0.5, 0.6) is 5.75 Å². The summed E-state index contributed by atoms with van der Waals surface area (Å²) in [6, 6.07) is 12.7. The summed E-state index contributed by atoms with van der Waals surface area (Å²) in [5.41, 5.74) is 4.33. The Bertz CT molecular complexity index is 1090. The minimum atomic E-state index is -0.671. The van der Waals surface area contributed by atoms with Gasteiger partial charge in [-0.3, -0.25) is 25.2 Å². The predicted octanol–water partition coefficient (Wildman–Crippen LogP) is 1.98. The lowest BCUT2D eigenvalue weighted by Crippen LogP contribution is -2.42. The number of nitrogens with one attached hydrogen (secondary N) is 2. The van der Waals surface area contributed by atoms with Crippen LogP contribution in [-0.4, -0.2) is 26.7 Å². The Kier molecular flexibility index (Phi) is 5.69. The molecule has 0 atom stereocenters. The molecule has 0 fully saturated rings. The van der Waals surface area contributed by atoms with Gasteiger partial charge in [0.05, 0.1) is 10.9 Å². The molecule has 8 nitrogen and oxygen atoms in total. The average Bonchev–Trinajstić information content (AvgIpc) is 2.72. The highest BCUT2D eigenvalue weighted by atomic mass is 16.3. The number of aromatic hydroxyl groups is 1. The molecule has 2 amide bonds. The van der Waals surface area contributed by atoms with Gasteiger partial charge in [0, 0.05) is 11.9 Å². The zero-order chi connectivity index (χ0) is 20.1. The van der Waals surface area contributed by atoms with Gasteiger partial charge in [-0.2, -0.15) is 5.10 Å². The Hall–Kier alpha value is -3.68. The van der Waals surface area contributed by atoms with Crippen molar-refractivity contribution in [3.05, 3.63) is 70.1 Å². The number of hydrogen-bond donors (Lipinski definition) is 3. The molecule has 0 saturated carbocycles. The van der Waals surface area contributed by atoms with Gasteiger partial charge in [0.15, 0.2) is 5.69 Å². The molecule has 1 aromatic heterocycles. The number of aryl methyl sites for hydroxylation is 1. The summed E-state index contributed by atoms with van der Waals surface area (Å²) in [6.45, 7) is 2.39. The number of hydrazine groups is 1. The number of amides is 2. The van der Waals surface area contributed by atoms with Gasteiger partial charge in [-0.15, -0.1) is 0 Å². The van der Waals surface area contributed by atoms with Crippen LogP contribution in [0.2, 0.25) is 0 Å². The monoisotopic (exact) mass is 380 g/mol. The molecule has 1 heterocycles. The molecule has 28 heavy (non-hydrogen) atoms. The van der Waals surface area contributed by atoms with Gasteiger partial charge in [-0.1, -0.05) is 43.7 Å². The maximum atomic E-state index is 12.7. The van der Waals surface area contributed by atoms with Crippen molar-refractivity contribution in [3.63, 3.8) is 0 Å². The van der Waals surface area contributed by atoms with E-state index in [0.717, 1.165) is 12.8 Å². The van der Waals surface area contributed by atoms with E-state index in [1.54, 1.807) is 36.4 Å². The van der Waals surface area contributed by atoms with E-state index in [9.17, 15) is 19.5 Å². The van der Waals surface area contributed by atoms with Crippen LogP contribution in [0.3, 0.4) is 0 Å². The van der Waals surface area contributed by atoms with E-state index in [2.05, 4.69) is 16.0 Å². The fourth-order valence-corrected chi connectivity index (χ4v) is 2.77. The molecule has 3 rings (SSSR count). The summed E-state index contributed by atoms with van der Waals surface area (Å²) in [7, 11) is 0. The fraction of sp³-hybridized carbons (Fsp3) is 0.200. The lowest BCUT2D eigenvalue weighted by molar-refractivity contribution is 0.0842. The average molecular weight is 380 g/mol. The minimum absolute atomic E-state index is 0.0218. The number of nitrogens with zero attached hydrogens (tertiary/aromatic N) is 2. The van der Waals surface area contributed by atoms with Crippen molar-refractivity contribution in [2.45, 2.75) is 26.3 Å². The molecule has 0 radical (unpaired) electrons. The number of phenols is 1. The van der Waals surface area contributed by atoms with Crippen LogP contribution in [0.15, 0.2) is 53.3 Å². The molecule has 8 heteroatoms. The van der Waals surface area contributed by atoms with E-state index >= 15 is 0 Å². The third kappa shape index (κ3) is 3.85. The number of hydrogen-bond acceptors (Lipinski definition) is 5. The summed E-state index contributed by atoms with van der Waals surface area (Å²) in [4.78, 5) is 37.4. The van der Waals surface area contributed by atoms with Gasteiger partial charge in [-0.25, -0.2) is 4.68 Å². The highest BCUT2D eigenvalue weighted by Gasteiger charge is 2.18. The maximum absolute atomic E-state index is 12.7. The molecule has 0 spiro atoms. The molecule has 0 bridgehead atoms. The van der Waals surface area contributed by atoms with Crippen LogP contribution in [0.1, 0.15) is 40.6 Å². The van der Waals surface area contributed by atoms with Gasteiger partial charge < -0.3 is 5.11 Å². The first-order valence-electron chi connectivity index (χ1n) is 8.91. The molecule has 3 aromatic rings. The number of para-hydroxylation sites is 1. The number of benzene rings is 2. The number of phenolic OH excluding ortho intramolecular Hbond substituents is 1. The highest BCUT2D eigenvalue weighted by molar-refractivity contribution is 6.06. The van der Waals surface area contributed by atoms with E-state index < -0.39 is 11.8 Å². The van der Waals surface area contributed by atoms with Gasteiger partial charge in [-0.05, 0) is 24.6 Å². The van der Waals surface area contributed by atoms with Crippen LogP contribution < -0.4 is 16.4 Å². The molecule has 0 aliphatic carbocycles. The van der Waals surface area contributed by atoms with E-state index in [1.807, 2.05) is 6.92 Å². The third-order valence-corrected chi connectivity index (χ3v) is 4.24. The van der Waals surface area contributed by atoms with Crippen LogP contribution >= 0.6 is 0 Å². The fourth-order valence-electron chi connectivity index (χ4n) is 2.77. The van der Waals surface area contributed by atoms with Crippen molar-refractivity contribution in [3.8, 4) is 5.75 Å². The Morgan fingerprint density at radius 2 is 1.64 bits per heavy atom. The Morgan fingerprint density at radius 3 is 2.36 bits per heavy atom. The van der Waals surface area contributed by atoms with Crippen molar-refractivity contribution in [1.29, 1.82) is 0 Å². The van der Waals surface area contributed by atoms with Crippen molar-refractivity contribution in [2.75, 3.05) is 0 Å². The topological polar surface area (TPSA) is 113 Å². The van der Waals surface area contributed by atoms with Gasteiger partial charge >= 0.3 is 0 Å². The highest BCUT2D eigenvalue weighted by Crippen LogP contribution is 2.15. The SMILES string of the molecule is CCCCn1nc(C(=O)NNC(=O)c2ccccc2O)c2ccccc2c1=O.